The van der Waals surface area contributed by atoms with Gasteiger partial charge in [-0.15, -0.1) is 22.0 Å². The number of nitrogens with zero attached hydrogens (tertiary/aromatic N) is 2. The molecule has 7 nitrogen and oxygen atoms in total. The Labute approximate surface area is 152 Å². The molecule has 1 heterocycles. The van der Waals surface area contributed by atoms with Gasteiger partial charge in [-0.25, -0.2) is 0 Å². The zero-order chi connectivity index (χ0) is 17.4. The van der Waals surface area contributed by atoms with Crippen LogP contribution in [0.15, 0.2) is 24.3 Å². The predicted octanol–water partition coefficient (Wildman–Crippen LogP) is 2.65. The van der Waals surface area contributed by atoms with E-state index in [2.05, 4.69) is 20.8 Å². The maximum absolute atomic E-state index is 11.8. The van der Waals surface area contributed by atoms with Crippen LogP contribution in [0.1, 0.15) is 5.01 Å². The Bertz CT molecular complexity index is 694. The summed E-state index contributed by atoms with van der Waals surface area (Å²) in [6, 6.07) is 6.81. The fraction of sp³-hybridized carbons (Fsp3) is 0.286. The van der Waals surface area contributed by atoms with Crippen molar-refractivity contribution in [3.8, 4) is 0 Å². The number of thioether (sulfide) groups is 1. The molecule has 0 aliphatic heterocycles. The highest BCUT2D eigenvalue weighted by Gasteiger charge is 2.10. The number of amides is 2. The Balaban J connectivity index is 1.67. The van der Waals surface area contributed by atoms with Crippen LogP contribution in [0.3, 0.4) is 0 Å². The minimum absolute atomic E-state index is 0.146. The normalized spacial score (nSPS) is 10.4. The molecule has 0 aliphatic carbocycles. The van der Waals surface area contributed by atoms with E-state index in [1.165, 1.54) is 23.1 Å². The van der Waals surface area contributed by atoms with Crippen molar-refractivity contribution in [2.45, 2.75) is 6.61 Å². The molecule has 0 atom stereocenters. The molecule has 0 spiro atoms. The maximum Gasteiger partial charge on any atom is 0.236 e. The molecule has 2 aromatic rings. The van der Waals surface area contributed by atoms with Gasteiger partial charge in [0.05, 0.1) is 11.5 Å². The highest BCUT2D eigenvalue weighted by atomic mass is 35.5. The second-order valence-electron chi connectivity index (χ2n) is 4.53. The fourth-order valence-electron chi connectivity index (χ4n) is 1.61. The average Bonchev–Trinajstić information content (AvgIpc) is 2.97. The van der Waals surface area contributed by atoms with Crippen molar-refractivity contribution < 1.29 is 14.3 Å². The van der Waals surface area contributed by atoms with E-state index < -0.39 is 0 Å². The van der Waals surface area contributed by atoms with Crippen LogP contribution in [-0.4, -0.2) is 40.6 Å². The number of rotatable bonds is 8. The van der Waals surface area contributed by atoms with E-state index in [4.69, 9.17) is 16.3 Å². The number of nitrogens with one attached hydrogen (secondary N) is 2. The molecule has 1 aromatic carbocycles. The van der Waals surface area contributed by atoms with Crippen LogP contribution in [0.2, 0.25) is 5.02 Å². The molecule has 24 heavy (non-hydrogen) atoms. The number of hydrogen-bond acceptors (Lipinski definition) is 7. The molecular weight excluding hydrogens is 372 g/mol. The van der Waals surface area contributed by atoms with E-state index in [0.717, 1.165) is 0 Å². The van der Waals surface area contributed by atoms with Gasteiger partial charge in [0, 0.05) is 17.8 Å². The smallest absolute Gasteiger partial charge is 0.236 e. The highest BCUT2D eigenvalue weighted by molar-refractivity contribution is 8.00. The molecule has 0 bridgehead atoms. The molecule has 1 aromatic heterocycles. The lowest BCUT2D eigenvalue weighted by atomic mass is 10.3. The van der Waals surface area contributed by atoms with Gasteiger partial charge in [-0.05, 0) is 24.3 Å². The Morgan fingerprint density at radius 1 is 1.17 bits per heavy atom. The lowest BCUT2D eigenvalue weighted by molar-refractivity contribution is -0.114. The molecule has 0 saturated carbocycles. The summed E-state index contributed by atoms with van der Waals surface area (Å²) in [7, 11) is 1.56. The third-order valence-electron chi connectivity index (χ3n) is 2.58. The second kappa shape index (κ2) is 9.58. The van der Waals surface area contributed by atoms with Crippen LogP contribution < -0.4 is 10.6 Å². The monoisotopic (exact) mass is 386 g/mol. The molecule has 0 fully saturated rings. The zero-order valence-corrected chi connectivity index (χ0v) is 15.1. The number of anilines is 2. The van der Waals surface area contributed by atoms with Gasteiger partial charge < -0.3 is 10.1 Å². The minimum Gasteiger partial charge on any atom is -0.377 e. The summed E-state index contributed by atoms with van der Waals surface area (Å²) in [6.07, 6.45) is 0. The minimum atomic E-state index is -0.237. The lowest BCUT2D eigenvalue weighted by Crippen LogP contribution is -2.18. The van der Waals surface area contributed by atoms with Crippen LogP contribution in [0, 0.1) is 0 Å². The number of carbonyl (C=O) groups excluding carboxylic acids is 2. The van der Waals surface area contributed by atoms with Crippen molar-refractivity contribution >= 4 is 57.3 Å². The Kier molecular flexibility index (Phi) is 7.44. The van der Waals surface area contributed by atoms with Gasteiger partial charge in [0.25, 0.3) is 0 Å². The Hall–Kier alpha value is -1.68. The summed E-state index contributed by atoms with van der Waals surface area (Å²) in [4.78, 5) is 23.6. The number of halogens is 1. The van der Waals surface area contributed by atoms with Crippen LogP contribution in [0.4, 0.5) is 10.8 Å². The van der Waals surface area contributed by atoms with Crippen LogP contribution >= 0.6 is 34.7 Å². The first-order valence-corrected chi connectivity index (χ1v) is 9.16. The van der Waals surface area contributed by atoms with Crippen LogP contribution in [-0.2, 0) is 20.9 Å². The molecule has 0 unspecified atom stereocenters. The first-order valence-electron chi connectivity index (χ1n) is 6.81. The fourth-order valence-corrected chi connectivity index (χ4v) is 3.08. The number of methoxy groups -OCH3 is 1. The third-order valence-corrected chi connectivity index (χ3v) is 4.57. The molecular formula is C14H15ClN4O3S2. The topological polar surface area (TPSA) is 93.2 Å². The summed E-state index contributed by atoms with van der Waals surface area (Å²) in [5, 5.41) is 14.8. The van der Waals surface area contributed by atoms with Gasteiger partial charge in [-0.1, -0.05) is 22.9 Å². The zero-order valence-electron chi connectivity index (χ0n) is 12.7. The van der Waals surface area contributed by atoms with E-state index in [-0.39, 0.29) is 23.3 Å². The van der Waals surface area contributed by atoms with Crippen molar-refractivity contribution in [3.63, 3.8) is 0 Å². The Morgan fingerprint density at radius 2 is 1.83 bits per heavy atom. The first-order chi connectivity index (χ1) is 11.6. The molecule has 0 aliphatic rings. The molecule has 2 N–H and O–H groups in total. The summed E-state index contributed by atoms with van der Waals surface area (Å²) in [5.74, 6) is -0.109. The molecule has 2 amide bonds. The molecule has 128 valence electrons. The van der Waals surface area contributed by atoms with E-state index in [0.29, 0.717) is 27.5 Å². The summed E-state index contributed by atoms with van der Waals surface area (Å²) in [6.45, 7) is 0.354. The SMILES string of the molecule is COCc1nnc(NC(=O)CSCC(=O)Nc2ccc(Cl)cc2)s1. The van der Waals surface area contributed by atoms with Gasteiger partial charge in [0.15, 0.2) is 0 Å². The molecule has 10 heteroatoms. The van der Waals surface area contributed by atoms with E-state index in [1.54, 1.807) is 31.4 Å². The van der Waals surface area contributed by atoms with Gasteiger partial charge in [-0.2, -0.15) is 0 Å². The largest absolute Gasteiger partial charge is 0.377 e. The lowest BCUT2D eigenvalue weighted by Gasteiger charge is -2.05. The van der Waals surface area contributed by atoms with Gasteiger partial charge >= 0.3 is 0 Å². The first kappa shape index (κ1) is 18.7. The van der Waals surface area contributed by atoms with Crippen LogP contribution in [0.5, 0.6) is 0 Å². The van der Waals surface area contributed by atoms with Crippen molar-refractivity contribution in [2.24, 2.45) is 0 Å². The predicted molar refractivity (Wildman–Crippen MR) is 96.7 cm³/mol. The quantitative estimate of drug-likeness (QED) is 0.724. The van der Waals surface area contributed by atoms with E-state index >= 15 is 0 Å². The van der Waals surface area contributed by atoms with E-state index in [1.807, 2.05) is 0 Å². The van der Waals surface area contributed by atoms with Crippen molar-refractivity contribution in [2.75, 3.05) is 29.2 Å². The number of carbonyl (C=O) groups is 2. The number of benzene rings is 1. The molecule has 2 rings (SSSR count). The maximum atomic E-state index is 11.8. The molecule has 0 radical (unpaired) electrons. The second-order valence-corrected chi connectivity index (χ2v) is 7.01. The van der Waals surface area contributed by atoms with Gasteiger partial charge in [0.2, 0.25) is 16.9 Å². The van der Waals surface area contributed by atoms with Crippen molar-refractivity contribution in [1.82, 2.24) is 10.2 Å². The number of hydrogen-bond donors (Lipinski definition) is 2. The van der Waals surface area contributed by atoms with Gasteiger partial charge in [-0.3, -0.25) is 14.9 Å². The summed E-state index contributed by atoms with van der Waals surface area (Å²) >= 11 is 8.24. The Morgan fingerprint density at radius 3 is 2.50 bits per heavy atom. The number of ether oxygens (including phenoxy) is 1. The standard InChI is InChI=1S/C14H15ClN4O3S2/c1-22-6-13-18-19-14(24-13)17-12(21)8-23-7-11(20)16-10-4-2-9(15)3-5-10/h2-5H,6-8H2,1H3,(H,16,20)(H,17,19,21). The van der Waals surface area contributed by atoms with Gasteiger partial charge in [0.1, 0.15) is 11.6 Å². The van der Waals surface area contributed by atoms with E-state index in [9.17, 15) is 9.59 Å². The van der Waals surface area contributed by atoms with Crippen molar-refractivity contribution in [1.29, 1.82) is 0 Å². The molecule has 0 saturated heterocycles. The third kappa shape index (κ3) is 6.44. The summed E-state index contributed by atoms with van der Waals surface area (Å²) < 4.78 is 4.93. The summed E-state index contributed by atoms with van der Waals surface area (Å²) in [5.41, 5.74) is 0.661. The van der Waals surface area contributed by atoms with Crippen LogP contribution in [0.25, 0.3) is 0 Å². The number of aromatic nitrogens is 2. The average molecular weight is 387 g/mol. The van der Waals surface area contributed by atoms with Crippen molar-refractivity contribution in [3.05, 3.63) is 34.3 Å². The highest BCUT2D eigenvalue weighted by Crippen LogP contribution is 2.16.